The van der Waals surface area contributed by atoms with Gasteiger partial charge < -0.3 is 14.8 Å². The number of ether oxygens (including phenoxy) is 2. The Kier molecular flexibility index (Phi) is 7.27. The van der Waals surface area contributed by atoms with Crippen LogP contribution in [0, 0.1) is 17.1 Å². The normalized spacial score (nSPS) is 10.8. The lowest BCUT2D eigenvalue weighted by Crippen LogP contribution is -2.43. The molecule has 1 rings (SSSR count). The van der Waals surface area contributed by atoms with Crippen LogP contribution in [0.4, 0.5) is 4.39 Å². The lowest BCUT2D eigenvalue weighted by molar-refractivity contribution is -0.157. The van der Waals surface area contributed by atoms with E-state index in [1.165, 1.54) is 24.3 Å². The maximum absolute atomic E-state index is 13.2. The second-order valence-electron chi connectivity index (χ2n) is 4.28. The van der Waals surface area contributed by atoms with Crippen molar-refractivity contribution in [2.24, 2.45) is 0 Å². The van der Waals surface area contributed by atoms with Crippen LogP contribution >= 0.6 is 0 Å². The van der Waals surface area contributed by atoms with Crippen LogP contribution in [-0.4, -0.2) is 31.2 Å². The lowest BCUT2D eigenvalue weighted by Gasteiger charge is -2.14. The Hall–Kier alpha value is -2.88. The standard InChI is InChI=1S/C16H17FN2O4/c1-3-22-15(20)14(16(21)23-4-2)19-10-12(9-18)11-6-5-7-13(17)8-11/h5-8,10,14,19H,3-4H2,1-2H3/b12-10-. The molecular weight excluding hydrogens is 303 g/mol. The minimum absolute atomic E-state index is 0.0584. The largest absolute Gasteiger partial charge is 0.464 e. The zero-order valence-corrected chi connectivity index (χ0v) is 12.8. The summed E-state index contributed by atoms with van der Waals surface area (Å²) in [6.07, 6.45) is 1.16. The molecule has 0 amide bonds. The molecule has 0 unspecified atom stereocenters. The van der Waals surface area contributed by atoms with Crippen molar-refractivity contribution in [2.45, 2.75) is 19.9 Å². The number of nitriles is 1. The Bertz CT molecular complexity index is 619. The van der Waals surface area contributed by atoms with Gasteiger partial charge in [0.2, 0.25) is 6.04 Å². The summed E-state index contributed by atoms with van der Waals surface area (Å²) in [5.41, 5.74) is 0.370. The first-order valence-electron chi connectivity index (χ1n) is 6.99. The summed E-state index contributed by atoms with van der Waals surface area (Å²) in [5, 5.41) is 11.7. The first-order valence-corrected chi connectivity index (χ1v) is 6.99. The third-order valence-electron chi connectivity index (χ3n) is 2.70. The highest BCUT2D eigenvalue weighted by atomic mass is 19.1. The Morgan fingerprint density at radius 1 is 1.30 bits per heavy atom. The van der Waals surface area contributed by atoms with E-state index >= 15 is 0 Å². The molecule has 23 heavy (non-hydrogen) atoms. The minimum Gasteiger partial charge on any atom is -0.464 e. The molecule has 0 aromatic heterocycles. The van der Waals surface area contributed by atoms with Gasteiger partial charge in [-0.25, -0.2) is 14.0 Å². The molecule has 0 aliphatic rings. The molecule has 0 heterocycles. The molecule has 6 nitrogen and oxygen atoms in total. The van der Waals surface area contributed by atoms with E-state index in [0.717, 1.165) is 6.20 Å². The van der Waals surface area contributed by atoms with Crippen LogP contribution in [0.2, 0.25) is 0 Å². The summed E-state index contributed by atoms with van der Waals surface area (Å²) in [4.78, 5) is 23.6. The molecule has 0 saturated heterocycles. The molecule has 0 aliphatic heterocycles. The number of rotatable bonds is 7. The summed E-state index contributed by atoms with van der Waals surface area (Å²) < 4.78 is 22.8. The van der Waals surface area contributed by atoms with Crippen LogP contribution in [0.25, 0.3) is 5.57 Å². The van der Waals surface area contributed by atoms with Gasteiger partial charge in [0.15, 0.2) is 0 Å². The molecule has 0 bridgehead atoms. The maximum atomic E-state index is 13.2. The van der Waals surface area contributed by atoms with Crippen LogP contribution in [0.3, 0.4) is 0 Å². The smallest absolute Gasteiger partial charge is 0.340 e. The van der Waals surface area contributed by atoms with Gasteiger partial charge in [0.05, 0.1) is 18.8 Å². The molecule has 122 valence electrons. The zero-order valence-electron chi connectivity index (χ0n) is 12.8. The fourth-order valence-corrected chi connectivity index (χ4v) is 1.69. The molecule has 1 N–H and O–H groups in total. The van der Waals surface area contributed by atoms with E-state index in [-0.39, 0.29) is 18.8 Å². The van der Waals surface area contributed by atoms with E-state index in [1.54, 1.807) is 13.8 Å². The van der Waals surface area contributed by atoms with Gasteiger partial charge in [-0.1, -0.05) is 12.1 Å². The van der Waals surface area contributed by atoms with Crippen LogP contribution < -0.4 is 5.32 Å². The number of nitrogens with zero attached hydrogens (tertiary/aromatic N) is 1. The number of nitrogens with one attached hydrogen (secondary N) is 1. The van der Waals surface area contributed by atoms with Crippen molar-refractivity contribution in [3.05, 3.63) is 41.8 Å². The fourth-order valence-electron chi connectivity index (χ4n) is 1.69. The summed E-state index contributed by atoms with van der Waals surface area (Å²) in [5.74, 6) is -2.14. The second kappa shape index (κ2) is 9.20. The van der Waals surface area contributed by atoms with Crippen molar-refractivity contribution in [1.29, 1.82) is 5.26 Å². The summed E-state index contributed by atoms with van der Waals surface area (Å²) >= 11 is 0. The van der Waals surface area contributed by atoms with Gasteiger partial charge >= 0.3 is 11.9 Å². The summed E-state index contributed by atoms with van der Waals surface area (Å²) in [6, 6.07) is 5.86. The first-order chi connectivity index (χ1) is 11.0. The number of esters is 2. The van der Waals surface area contributed by atoms with Crippen LogP contribution in [0.15, 0.2) is 30.5 Å². The van der Waals surface area contributed by atoms with Crippen molar-refractivity contribution in [3.63, 3.8) is 0 Å². The quantitative estimate of drug-likeness (QED) is 0.468. The Labute approximate surface area is 133 Å². The van der Waals surface area contributed by atoms with Crippen LogP contribution in [0.1, 0.15) is 19.4 Å². The van der Waals surface area contributed by atoms with Gasteiger partial charge in [-0.15, -0.1) is 0 Å². The lowest BCUT2D eigenvalue weighted by atomic mass is 10.1. The number of allylic oxidation sites excluding steroid dienone is 1. The topological polar surface area (TPSA) is 88.4 Å². The molecule has 1 aromatic carbocycles. The number of hydrogen-bond acceptors (Lipinski definition) is 6. The van der Waals surface area contributed by atoms with Crippen LogP contribution in [-0.2, 0) is 19.1 Å². The Morgan fingerprint density at radius 2 is 1.91 bits per heavy atom. The Morgan fingerprint density at radius 3 is 2.39 bits per heavy atom. The summed E-state index contributed by atoms with van der Waals surface area (Å²) in [6.45, 7) is 3.39. The van der Waals surface area contributed by atoms with Crippen LogP contribution in [0.5, 0.6) is 0 Å². The minimum atomic E-state index is -1.40. The molecule has 0 aliphatic carbocycles. The third kappa shape index (κ3) is 5.43. The van der Waals surface area contributed by atoms with E-state index in [1.807, 2.05) is 6.07 Å². The van der Waals surface area contributed by atoms with Crippen molar-refractivity contribution >= 4 is 17.5 Å². The maximum Gasteiger partial charge on any atom is 0.340 e. The van der Waals surface area contributed by atoms with Crippen molar-refractivity contribution < 1.29 is 23.5 Å². The molecule has 0 atom stereocenters. The van der Waals surface area contributed by atoms with Gasteiger partial charge in [-0.05, 0) is 31.5 Å². The molecule has 1 aromatic rings. The predicted octanol–water partition coefficient (Wildman–Crippen LogP) is 1.77. The van der Waals surface area contributed by atoms with Gasteiger partial charge in [-0.3, -0.25) is 0 Å². The number of halogens is 1. The van der Waals surface area contributed by atoms with Gasteiger partial charge in [0, 0.05) is 6.20 Å². The second-order valence-corrected chi connectivity index (χ2v) is 4.28. The zero-order chi connectivity index (χ0) is 17.2. The molecule has 7 heteroatoms. The van der Waals surface area contributed by atoms with E-state index in [0.29, 0.717) is 5.56 Å². The highest BCUT2D eigenvalue weighted by Crippen LogP contribution is 2.14. The summed E-state index contributed by atoms with van der Waals surface area (Å²) in [7, 11) is 0. The number of benzene rings is 1. The van der Waals surface area contributed by atoms with E-state index < -0.39 is 23.8 Å². The SMILES string of the molecule is CCOC(=O)C(N/C=C(/C#N)c1cccc(F)c1)C(=O)OCC. The average molecular weight is 320 g/mol. The third-order valence-corrected chi connectivity index (χ3v) is 2.70. The molecule has 0 radical (unpaired) electrons. The first kappa shape index (κ1) is 18.2. The van der Waals surface area contributed by atoms with Gasteiger partial charge in [0.1, 0.15) is 11.9 Å². The van der Waals surface area contributed by atoms with E-state index in [2.05, 4.69) is 5.32 Å². The fraction of sp³-hybridized carbons (Fsp3) is 0.312. The molecule has 0 saturated carbocycles. The highest BCUT2D eigenvalue weighted by molar-refractivity contribution is 5.99. The number of carbonyl (C=O) groups excluding carboxylic acids is 2. The van der Waals surface area contributed by atoms with E-state index in [4.69, 9.17) is 14.7 Å². The molecule has 0 spiro atoms. The monoisotopic (exact) mass is 320 g/mol. The van der Waals surface area contributed by atoms with Gasteiger partial charge in [-0.2, -0.15) is 5.26 Å². The van der Waals surface area contributed by atoms with Crippen molar-refractivity contribution in [3.8, 4) is 6.07 Å². The van der Waals surface area contributed by atoms with Crippen molar-refractivity contribution in [1.82, 2.24) is 5.32 Å². The molecular formula is C16H17FN2O4. The van der Waals surface area contributed by atoms with Crippen molar-refractivity contribution in [2.75, 3.05) is 13.2 Å². The highest BCUT2D eigenvalue weighted by Gasteiger charge is 2.28. The average Bonchev–Trinajstić information content (AvgIpc) is 2.52. The number of hydrogen-bond donors (Lipinski definition) is 1. The van der Waals surface area contributed by atoms with E-state index in [9.17, 15) is 14.0 Å². The predicted molar refractivity (Wildman–Crippen MR) is 80.2 cm³/mol. The number of carbonyl (C=O) groups is 2. The Balaban J connectivity index is 2.99. The molecule has 0 fully saturated rings. The van der Waals surface area contributed by atoms with Gasteiger partial charge in [0.25, 0.3) is 0 Å².